The topological polar surface area (TPSA) is 90.4 Å². The molecule has 1 saturated heterocycles. The molecule has 1 amide bonds. The van der Waals surface area contributed by atoms with Gasteiger partial charge in [0.2, 0.25) is 5.91 Å². The van der Waals surface area contributed by atoms with Crippen LogP contribution in [-0.4, -0.2) is 53.1 Å². The maximum absolute atomic E-state index is 12.6. The number of fused-ring (bicyclic) bond motifs is 1. The molecule has 0 unspecified atom stereocenters. The summed E-state index contributed by atoms with van der Waals surface area (Å²) in [6, 6.07) is 14.8. The number of aromatic nitrogens is 2. The lowest BCUT2D eigenvalue weighted by Gasteiger charge is -2.36. The van der Waals surface area contributed by atoms with Crippen LogP contribution in [0.5, 0.6) is 0 Å². The lowest BCUT2D eigenvalue weighted by Crippen LogP contribution is -2.47. The number of piperazine rings is 1. The Morgan fingerprint density at radius 3 is 2.58 bits per heavy atom. The van der Waals surface area contributed by atoms with E-state index < -0.39 is 11.2 Å². The first-order valence-corrected chi connectivity index (χ1v) is 11.7. The number of rotatable bonds is 7. The summed E-state index contributed by atoms with van der Waals surface area (Å²) >= 11 is 0. The number of carbonyl (C=O) groups is 1. The van der Waals surface area contributed by atoms with Gasteiger partial charge in [0.1, 0.15) is 0 Å². The SMILES string of the molecule is O=C(CCn1c(=O)[nH]c(=O)c2ccccc21)Nc1cccc(N2CCN(CC3CC3)CC2)c1. The Bertz CT molecular complexity index is 1270. The third-order valence-corrected chi connectivity index (χ3v) is 6.55. The molecule has 1 aliphatic carbocycles. The van der Waals surface area contributed by atoms with Crippen molar-refractivity contribution < 1.29 is 4.79 Å². The fourth-order valence-electron chi connectivity index (χ4n) is 4.54. The van der Waals surface area contributed by atoms with E-state index in [1.54, 1.807) is 24.3 Å². The van der Waals surface area contributed by atoms with Gasteiger partial charge in [-0.2, -0.15) is 0 Å². The van der Waals surface area contributed by atoms with E-state index in [1.165, 1.54) is 24.0 Å². The highest BCUT2D eigenvalue weighted by molar-refractivity contribution is 5.91. The molecular weight excluding hydrogens is 418 g/mol. The number of hydrogen-bond acceptors (Lipinski definition) is 5. The van der Waals surface area contributed by atoms with Crippen molar-refractivity contribution in [3.05, 3.63) is 69.4 Å². The molecule has 1 aromatic heterocycles. The Morgan fingerprint density at radius 1 is 1.00 bits per heavy atom. The molecule has 33 heavy (non-hydrogen) atoms. The van der Waals surface area contributed by atoms with E-state index in [-0.39, 0.29) is 18.9 Å². The average molecular weight is 448 g/mol. The molecule has 1 saturated carbocycles. The van der Waals surface area contributed by atoms with Gasteiger partial charge in [-0.3, -0.25) is 24.0 Å². The summed E-state index contributed by atoms with van der Waals surface area (Å²) in [7, 11) is 0. The Morgan fingerprint density at radius 2 is 1.79 bits per heavy atom. The Hall–Kier alpha value is -3.39. The number of H-pyrrole nitrogens is 1. The number of para-hydroxylation sites is 1. The van der Waals surface area contributed by atoms with Crippen molar-refractivity contribution in [3.63, 3.8) is 0 Å². The Kier molecular flexibility index (Phi) is 6.00. The largest absolute Gasteiger partial charge is 0.369 e. The van der Waals surface area contributed by atoms with Crippen LogP contribution in [0.2, 0.25) is 0 Å². The molecule has 2 fully saturated rings. The quantitative estimate of drug-likeness (QED) is 0.580. The number of nitrogens with zero attached hydrogens (tertiary/aromatic N) is 3. The maximum Gasteiger partial charge on any atom is 0.328 e. The number of amides is 1. The Balaban J connectivity index is 1.20. The maximum atomic E-state index is 12.6. The van der Waals surface area contributed by atoms with Gasteiger partial charge in [-0.05, 0) is 49.1 Å². The molecule has 2 aliphatic rings. The van der Waals surface area contributed by atoms with E-state index in [4.69, 9.17) is 0 Å². The second kappa shape index (κ2) is 9.23. The molecule has 0 spiro atoms. The van der Waals surface area contributed by atoms with Gasteiger partial charge in [0.05, 0.1) is 10.9 Å². The first-order valence-electron chi connectivity index (χ1n) is 11.7. The summed E-state index contributed by atoms with van der Waals surface area (Å²) in [4.78, 5) is 44.2. The third-order valence-electron chi connectivity index (χ3n) is 6.55. The van der Waals surface area contributed by atoms with Gasteiger partial charge in [0, 0.05) is 57.1 Å². The van der Waals surface area contributed by atoms with Crippen LogP contribution in [0.4, 0.5) is 11.4 Å². The highest BCUT2D eigenvalue weighted by Gasteiger charge is 2.26. The molecule has 5 rings (SSSR count). The molecule has 1 aliphatic heterocycles. The van der Waals surface area contributed by atoms with Crippen molar-refractivity contribution >= 4 is 28.2 Å². The lowest BCUT2D eigenvalue weighted by atomic mass is 10.2. The predicted octanol–water partition coefficient (Wildman–Crippen LogP) is 2.25. The fourth-order valence-corrected chi connectivity index (χ4v) is 4.54. The van der Waals surface area contributed by atoms with Crippen LogP contribution in [0.15, 0.2) is 58.1 Å². The number of benzene rings is 2. The molecule has 0 atom stereocenters. The predicted molar refractivity (Wildman–Crippen MR) is 130 cm³/mol. The average Bonchev–Trinajstić information content (AvgIpc) is 3.64. The van der Waals surface area contributed by atoms with Gasteiger partial charge in [-0.15, -0.1) is 0 Å². The van der Waals surface area contributed by atoms with Crippen molar-refractivity contribution in [2.24, 2.45) is 5.92 Å². The standard InChI is InChI=1S/C25H29N5O3/c31-23(10-11-30-22-7-2-1-6-21(22)24(32)27-25(30)33)26-19-4-3-5-20(16-19)29-14-12-28(13-15-29)17-18-8-9-18/h1-7,16,18H,8-15,17H2,(H,26,31)(H,27,32,33). The van der Waals surface area contributed by atoms with Gasteiger partial charge in [0.15, 0.2) is 0 Å². The van der Waals surface area contributed by atoms with Gasteiger partial charge in [-0.1, -0.05) is 18.2 Å². The zero-order chi connectivity index (χ0) is 22.8. The van der Waals surface area contributed by atoms with Gasteiger partial charge in [-0.25, -0.2) is 4.79 Å². The number of aryl methyl sites for hydroxylation is 1. The second-order valence-electron chi connectivity index (χ2n) is 9.01. The number of carbonyl (C=O) groups excluding carboxylic acids is 1. The summed E-state index contributed by atoms with van der Waals surface area (Å²) in [6.45, 7) is 5.56. The van der Waals surface area contributed by atoms with Crippen LogP contribution >= 0.6 is 0 Å². The number of anilines is 2. The fraction of sp³-hybridized carbons (Fsp3) is 0.400. The van der Waals surface area contributed by atoms with Gasteiger partial charge >= 0.3 is 5.69 Å². The molecule has 2 aromatic carbocycles. The van der Waals surface area contributed by atoms with E-state index in [9.17, 15) is 14.4 Å². The number of aromatic amines is 1. The monoisotopic (exact) mass is 447 g/mol. The van der Waals surface area contributed by atoms with Crippen molar-refractivity contribution in [2.45, 2.75) is 25.8 Å². The summed E-state index contributed by atoms with van der Waals surface area (Å²) in [6.07, 6.45) is 2.89. The minimum atomic E-state index is -0.505. The van der Waals surface area contributed by atoms with E-state index in [0.717, 1.165) is 43.5 Å². The van der Waals surface area contributed by atoms with Gasteiger partial charge < -0.3 is 10.2 Å². The lowest BCUT2D eigenvalue weighted by molar-refractivity contribution is -0.116. The number of nitrogens with one attached hydrogen (secondary N) is 2. The normalized spacial score (nSPS) is 16.8. The minimum Gasteiger partial charge on any atom is -0.369 e. The zero-order valence-electron chi connectivity index (χ0n) is 18.6. The molecule has 2 N–H and O–H groups in total. The van der Waals surface area contributed by atoms with Crippen LogP contribution in [0, 0.1) is 5.92 Å². The molecule has 8 heteroatoms. The van der Waals surface area contributed by atoms with Crippen molar-refractivity contribution in [3.8, 4) is 0 Å². The van der Waals surface area contributed by atoms with E-state index >= 15 is 0 Å². The van der Waals surface area contributed by atoms with E-state index in [0.29, 0.717) is 10.9 Å². The highest BCUT2D eigenvalue weighted by Crippen LogP contribution is 2.30. The third kappa shape index (κ3) is 5.01. The summed E-state index contributed by atoms with van der Waals surface area (Å²) < 4.78 is 1.44. The van der Waals surface area contributed by atoms with Crippen LogP contribution in [0.3, 0.4) is 0 Å². The summed E-state index contributed by atoms with van der Waals surface area (Å²) in [5.74, 6) is 0.739. The smallest absolute Gasteiger partial charge is 0.328 e. The molecule has 0 radical (unpaired) electrons. The molecular formula is C25H29N5O3. The van der Waals surface area contributed by atoms with Gasteiger partial charge in [0.25, 0.3) is 5.56 Å². The van der Waals surface area contributed by atoms with E-state index in [1.807, 2.05) is 18.2 Å². The van der Waals surface area contributed by atoms with Crippen molar-refractivity contribution in [2.75, 3.05) is 42.9 Å². The highest BCUT2D eigenvalue weighted by atomic mass is 16.2. The number of hydrogen-bond donors (Lipinski definition) is 2. The van der Waals surface area contributed by atoms with Crippen LogP contribution in [0.25, 0.3) is 10.9 Å². The van der Waals surface area contributed by atoms with E-state index in [2.05, 4.69) is 26.2 Å². The van der Waals surface area contributed by atoms with Crippen LogP contribution in [0.1, 0.15) is 19.3 Å². The minimum absolute atomic E-state index is 0.125. The van der Waals surface area contributed by atoms with Crippen LogP contribution in [-0.2, 0) is 11.3 Å². The summed E-state index contributed by atoms with van der Waals surface area (Å²) in [5, 5.41) is 3.38. The van der Waals surface area contributed by atoms with Crippen molar-refractivity contribution in [1.29, 1.82) is 0 Å². The first kappa shape index (κ1) is 21.5. The molecule has 0 bridgehead atoms. The molecule has 3 aromatic rings. The molecule has 2 heterocycles. The summed E-state index contributed by atoms with van der Waals surface area (Å²) in [5.41, 5.74) is 1.47. The van der Waals surface area contributed by atoms with Crippen LogP contribution < -0.4 is 21.5 Å². The first-order chi connectivity index (χ1) is 16.1. The van der Waals surface area contributed by atoms with Crippen molar-refractivity contribution in [1.82, 2.24) is 14.5 Å². The molecule has 172 valence electrons. The molecule has 8 nitrogen and oxygen atoms in total. The Labute approximate surface area is 191 Å². The second-order valence-corrected chi connectivity index (χ2v) is 9.01. The zero-order valence-corrected chi connectivity index (χ0v) is 18.6.